The van der Waals surface area contributed by atoms with Crippen LogP contribution in [-0.4, -0.2) is 16.1 Å². The Labute approximate surface area is 112 Å². The van der Waals surface area contributed by atoms with Crippen LogP contribution in [0.15, 0.2) is 48.8 Å². The SMILES string of the molecule is C[C@@H](NCc1ccc(C(=O)O)cc1)c1cccnc1. The number of carbonyl (C=O) groups is 1. The lowest BCUT2D eigenvalue weighted by Crippen LogP contribution is -2.18. The Kier molecular flexibility index (Phi) is 4.26. The third-order valence-electron chi connectivity index (χ3n) is 3.00. The molecule has 0 amide bonds. The van der Waals surface area contributed by atoms with Gasteiger partial charge in [0.25, 0.3) is 0 Å². The molecule has 0 aliphatic carbocycles. The molecule has 0 saturated heterocycles. The molecule has 1 aromatic heterocycles. The molecule has 0 fully saturated rings. The largest absolute Gasteiger partial charge is 0.478 e. The van der Waals surface area contributed by atoms with Crippen molar-refractivity contribution in [2.75, 3.05) is 0 Å². The van der Waals surface area contributed by atoms with E-state index in [1.165, 1.54) is 0 Å². The lowest BCUT2D eigenvalue weighted by Gasteiger charge is -2.13. The van der Waals surface area contributed by atoms with E-state index < -0.39 is 5.97 Å². The molecule has 0 radical (unpaired) electrons. The van der Waals surface area contributed by atoms with Gasteiger partial charge in [0.2, 0.25) is 0 Å². The Morgan fingerprint density at radius 3 is 2.63 bits per heavy atom. The molecule has 0 unspecified atom stereocenters. The minimum atomic E-state index is -0.900. The van der Waals surface area contributed by atoms with Crippen molar-refractivity contribution in [2.45, 2.75) is 19.5 Å². The number of hydrogen-bond donors (Lipinski definition) is 2. The zero-order valence-electron chi connectivity index (χ0n) is 10.7. The van der Waals surface area contributed by atoms with Gasteiger partial charge in [-0.05, 0) is 36.2 Å². The molecule has 0 aliphatic heterocycles. The van der Waals surface area contributed by atoms with Crippen LogP contribution in [0.25, 0.3) is 0 Å². The maximum Gasteiger partial charge on any atom is 0.335 e. The number of nitrogens with one attached hydrogen (secondary N) is 1. The summed E-state index contributed by atoms with van der Waals surface area (Å²) in [6, 6.07) is 11.0. The van der Waals surface area contributed by atoms with Gasteiger partial charge in [0, 0.05) is 25.0 Å². The summed E-state index contributed by atoms with van der Waals surface area (Å²) in [4.78, 5) is 14.8. The minimum absolute atomic E-state index is 0.202. The molecule has 4 nitrogen and oxygen atoms in total. The first-order chi connectivity index (χ1) is 9.16. The average Bonchev–Trinajstić information content (AvgIpc) is 2.46. The molecule has 4 heteroatoms. The van der Waals surface area contributed by atoms with Gasteiger partial charge in [-0.25, -0.2) is 4.79 Å². The van der Waals surface area contributed by atoms with Crippen LogP contribution >= 0.6 is 0 Å². The van der Waals surface area contributed by atoms with Crippen molar-refractivity contribution in [1.82, 2.24) is 10.3 Å². The highest BCUT2D eigenvalue weighted by Crippen LogP contribution is 2.11. The standard InChI is InChI=1S/C15H16N2O2/c1-11(14-3-2-8-16-10-14)17-9-12-4-6-13(7-5-12)15(18)19/h2-8,10-11,17H,9H2,1H3,(H,18,19)/t11-/m1/s1. The van der Waals surface area contributed by atoms with Crippen molar-refractivity contribution in [3.8, 4) is 0 Å². The summed E-state index contributed by atoms with van der Waals surface area (Å²) in [7, 11) is 0. The van der Waals surface area contributed by atoms with Gasteiger partial charge < -0.3 is 10.4 Å². The Balaban J connectivity index is 1.93. The summed E-state index contributed by atoms with van der Waals surface area (Å²) >= 11 is 0. The molecule has 1 aromatic carbocycles. The predicted molar refractivity (Wildman–Crippen MR) is 72.9 cm³/mol. The summed E-state index contributed by atoms with van der Waals surface area (Å²) in [6.45, 7) is 2.76. The summed E-state index contributed by atoms with van der Waals surface area (Å²) in [5.74, 6) is -0.900. The molecule has 98 valence electrons. The second kappa shape index (κ2) is 6.11. The lowest BCUT2D eigenvalue weighted by molar-refractivity contribution is 0.0697. The maximum atomic E-state index is 10.7. The fraction of sp³-hybridized carbons (Fsp3) is 0.200. The monoisotopic (exact) mass is 256 g/mol. The van der Waals surface area contributed by atoms with E-state index in [0.717, 1.165) is 11.1 Å². The number of carboxylic acid groups (broad SMARTS) is 1. The van der Waals surface area contributed by atoms with Crippen LogP contribution in [0.4, 0.5) is 0 Å². The van der Waals surface area contributed by atoms with Crippen molar-refractivity contribution in [2.24, 2.45) is 0 Å². The molecular formula is C15H16N2O2. The van der Waals surface area contributed by atoms with Crippen LogP contribution in [0.5, 0.6) is 0 Å². The normalized spacial score (nSPS) is 12.1. The van der Waals surface area contributed by atoms with Gasteiger partial charge in [0.1, 0.15) is 0 Å². The first-order valence-corrected chi connectivity index (χ1v) is 6.12. The summed E-state index contributed by atoms with van der Waals surface area (Å²) in [6.07, 6.45) is 3.59. The van der Waals surface area contributed by atoms with Crippen LogP contribution in [-0.2, 0) is 6.54 Å². The molecule has 2 N–H and O–H groups in total. The second-order valence-corrected chi connectivity index (χ2v) is 4.39. The van der Waals surface area contributed by atoms with Crippen molar-refractivity contribution < 1.29 is 9.90 Å². The number of benzene rings is 1. The molecule has 0 aliphatic rings. The molecule has 19 heavy (non-hydrogen) atoms. The summed E-state index contributed by atoms with van der Waals surface area (Å²) in [5.41, 5.74) is 2.49. The highest BCUT2D eigenvalue weighted by atomic mass is 16.4. The molecule has 1 atom stereocenters. The van der Waals surface area contributed by atoms with Gasteiger partial charge in [-0.15, -0.1) is 0 Å². The van der Waals surface area contributed by atoms with Gasteiger partial charge in [-0.1, -0.05) is 18.2 Å². The Bertz CT molecular complexity index is 538. The Morgan fingerprint density at radius 1 is 1.32 bits per heavy atom. The number of nitrogens with zero attached hydrogens (tertiary/aromatic N) is 1. The molecule has 0 spiro atoms. The summed E-state index contributed by atoms with van der Waals surface area (Å²) < 4.78 is 0. The third kappa shape index (κ3) is 3.63. The number of rotatable bonds is 5. The van der Waals surface area contributed by atoms with E-state index in [0.29, 0.717) is 12.1 Å². The van der Waals surface area contributed by atoms with Gasteiger partial charge in [-0.2, -0.15) is 0 Å². The minimum Gasteiger partial charge on any atom is -0.478 e. The molecule has 2 rings (SSSR count). The van der Waals surface area contributed by atoms with Crippen LogP contribution in [0.3, 0.4) is 0 Å². The first-order valence-electron chi connectivity index (χ1n) is 6.12. The van der Waals surface area contributed by atoms with Gasteiger partial charge in [-0.3, -0.25) is 4.98 Å². The van der Waals surface area contributed by atoms with E-state index in [1.807, 2.05) is 30.5 Å². The lowest BCUT2D eigenvalue weighted by atomic mass is 10.1. The first kappa shape index (κ1) is 13.2. The molecule has 2 aromatic rings. The van der Waals surface area contributed by atoms with Gasteiger partial charge >= 0.3 is 5.97 Å². The predicted octanol–water partition coefficient (Wildman–Crippen LogP) is 2.63. The van der Waals surface area contributed by atoms with E-state index in [1.54, 1.807) is 18.3 Å². The average molecular weight is 256 g/mol. The van der Waals surface area contributed by atoms with E-state index >= 15 is 0 Å². The van der Waals surface area contributed by atoms with E-state index in [4.69, 9.17) is 5.11 Å². The van der Waals surface area contributed by atoms with Crippen LogP contribution in [0.2, 0.25) is 0 Å². The molecule has 0 bridgehead atoms. The number of carboxylic acids is 1. The Hall–Kier alpha value is -2.20. The van der Waals surface area contributed by atoms with Crippen LogP contribution in [0.1, 0.15) is 34.5 Å². The molecular weight excluding hydrogens is 240 g/mol. The number of aromatic carboxylic acids is 1. The maximum absolute atomic E-state index is 10.7. The second-order valence-electron chi connectivity index (χ2n) is 4.39. The molecule has 1 heterocycles. The van der Waals surface area contributed by atoms with Gasteiger partial charge in [0.15, 0.2) is 0 Å². The van der Waals surface area contributed by atoms with E-state index in [2.05, 4.69) is 17.2 Å². The topological polar surface area (TPSA) is 62.2 Å². The number of hydrogen-bond acceptors (Lipinski definition) is 3. The van der Waals surface area contributed by atoms with Crippen LogP contribution < -0.4 is 5.32 Å². The fourth-order valence-electron chi connectivity index (χ4n) is 1.79. The number of pyridine rings is 1. The zero-order chi connectivity index (χ0) is 13.7. The van der Waals surface area contributed by atoms with Crippen LogP contribution in [0, 0.1) is 0 Å². The van der Waals surface area contributed by atoms with Crippen molar-refractivity contribution in [3.63, 3.8) is 0 Å². The molecule has 0 saturated carbocycles. The van der Waals surface area contributed by atoms with Crippen molar-refractivity contribution >= 4 is 5.97 Å². The van der Waals surface area contributed by atoms with Gasteiger partial charge in [0.05, 0.1) is 5.56 Å². The highest BCUT2D eigenvalue weighted by molar-refractivity contribution is 5.87. The Morgan fingerprint density at radius 2 is 2.05 bits per heavy atom. The highest BCUT2D eigenvalue weighted by Gasteiger charge is 2.05. The fourth-order valence-corrected chi connectivity index (χ4v) is 1.79. The van der Waals surface area contributed by atoms with Crippen molar-refractivity contribution in [1.29, 1.82) is 0 Å². The van der Waals surface area contributed by atoms with E-state index in [9.17, 15) is 4.79 Å². The zero-order valence-corrected chi connectivity index (χ0v) is 10.7. The third-order valence-corrected chi connectivity index (χ3v) is 3.00. The smallest absolute Gasteiger partial charge is 0.335 e. The number of aromatic nitrogens is 1. The quantitative estimate of drug-likeness (QED) is 0.863. The van der Waals surface area contributed by atoms with Crippen molar-refractivity contribution in [3.05, 3.63) is 65.5 Å². The summed E-state index contributed by atoms with van der Waals surface area (Å²) in [5, 5.41) is 12.2. The van der Waals surface area contributed by atoms with E-state index in [-0.39, 0.29) is 6.04 Å².